The van der Waals surface area contributed by atoms with Crippen LogP contribution in [0.1, 0.15) is 38.5 Å². The van der Waals surface area contributed by atoms with Gasteiger partial charge < -0.3 is 20.5 Å². The summed E-state index contributed by atoms with van der Waals surface area (Å²) in [5, 5.41) is 15.5. The van der Waals surface area contributed by atoms with E-state index in [1.807, 2.05) is 24.3 Å². The number of aliphatic hydroxyl groups is 1. The molecular weight excluding hydrogens is 292 g/mol. The molecule has 5 nitrogen and oxygen atoms in total. The molecule has 23 heavy (non-hydrogen) atoms. The fraction of sp³-hybridized carbons (Fsp3) is 0.611. The molecule has 5 heteroatoms. The maximum atomic E-state index is 12.1. The smallest absolute Gasteiger partial charge is 0.319 e. The van der Waals surface area contributed by atoms with Crippen molar-refractivity contribution in [1.82, 2.24) is 5.32 Å². The zero-order valence-corrected chi connectivity index (χ0v) is 13.5. The average Bonchev–Trinajstić information content (AvgIpc) is 3.37. The zero-order valence-electron chi connectivity index (χ0n) is 13.5. The molecule has 2 saturated carbocycles. The van der Waals surface area contributed by atoms with E-state index in [-0.39, 0.29) is 12.1 Å². The number of nitrogens with one attached hydrogen (secondary N) is 2. The van der Waals surface area contributed by atoms with Gasteiger partial charge in [0, 0.05) is 6.54 Å². The number of benzene rings is 1. The Labute approximate surface area is 137 Å². The SMILES string of the molecule is O=C(NCC1CCCC(O)C1)Nc1ccccc1OCC1CC1. The van der Waals surface area contributed by atoms with E-state index in [4.69, 9.17) is 4.74 Å². The van der Waals surface area contributed by atoms with Crippen molar-refractivity contribution in [3.63, 3.8) is 0 Å². The predicted octanol–water partition coefficient (Wildman–Crippen LogP) is 3.15. The summed E-state index contributed by atoms with van der Waals surface area (Å²) in [6.45, 7) is 1.33. The fourth-order valence-electron chi connectivity index (χ4n) is 3.04. The molecule has 0 spiro atoms. The van der Waals surface area contributed by atoms with E-state index >= 15 is 0 Å². The second kappa shape index (κ2) is 7.68. The van der Waals surface area contributed by atoms with E-state index in [1.54, 1.807) is 0 Å². The van der Waals surface area contributed by atoms with Crippen LogP contribution < -0.4 is 15.4 Å². The average molecular weight is 318 g/mol. The Morgan fingerprint density at radius 1 is 1.17 bits per heavy atom. The summed E-state index contributed by atoms with van der Waals surface area (Å²) in [5.74, 6) is 1.77. The van der Waals surface area contributed by atoms with Gasteiger partial charge in [0.15, 0.2) is 0 Å². The summed E-state index contributed by atoms with van der Waals surface area (Å²) in [5.41, 5.74) is 0.703. The molecule has 3 rings (SSSR count). The molecule has 0 saturated heterocycles. The van der Waals surface area contributed by atoms with Gasteiger partial charge in [0.25, 0.3) is 0 Å². The van der Waals surface area contributed by atoms with Crippen molar-refractivity contribution in [2.24, 2.45) is 11.8 Å². The van der Waals surface area contributed by atoms with E-state index in [1.165, 1.54) is 12.8 Å². The van der Waals surface area contributed by atoms with Crippen molar-refractivity contribution in [3.8, 4) is 5.75 Å². The first-order valence-electron chi connectivity index (χ1n) is 8.65. The molecule has 0 radical (unpaired) electrons. The first-order valence-corrected chi connectivity index (χ1v) is 8.65. The lowest BCUT2D eigenvalue weighted by Gasteiger charge is -2.26. The van der Waals surface area contributed by atoms with E-state index < -0.39 is 0 Å². The molecule has 1 aromatic carbocycles. The van der Waals surface area contributed by atoms with Crippen LogP contribution in [0, 0.1) is 11.8 Å². The number of hydrogen-bond donors (Lipinski definition) is 3. The Balaban J connectivity index is 1.47. The molecule has 2 atom stereocenters. The highest BCUT2D eigenvalue weighted by Gasteiger charge is 2.23. The summed E-state index contributed by atoms with van der Waals surface area (Å²) >= 11 is 0. The van der Waals surface area contributed by atoms with Crippen molar-refractivity contribution in [1.29, 1.82) is 0 Å². The van der Waals surface area contributed by atoms with Crippen molar-refractivity contribution in [2.75, 3.05) is 18.5 Å². The second-order valence-electron chi connectivity index (χ2n) is 6.77. The summed E-state index contributed by atoms with van der Waals surface area (Å²) in [7, 11) is 0. The lowest BCUT2D eigenvalue weighted by Crippen LogP contribution is -2.35. The van der Waals surface area contributed by atoms with Crippen LogP contribution in [-0.2, 0) is 0 Å². The van der Waals surface area contributed by atoms with Gasteiger partial charge in [-0.25, -0.2) is 4.79 Å². The quantitative estimate of drug-likeness (QED) is 0.754. The first-order chi connectivity index (χ1) is 11.2. The summed E-state index contributed by atoms with van der Waals surface area (Å²) in [4.78, 5) is 12.1. The lowest BCUT2D eigenvalue weighted by atomic mass is 9.87. The zero-order chi connectivity index (χ0) is 16.1. The molecule has 0 aliphatic heterocycles. The highest BCUT2D eigenvalue weighted by molar-refractivity contribution is 5.90. The van der Waals surface area contributed by atoms with Gasteiger partial charge in [-0.2, -0.15) is 0 Å². The Hall–Kier alpha value is -1.75. The maximum absolute atomic E-state index is 12.1. The number of ether oxygens (including phenoxy) is 1. The van der Waals surface area contributed by atoms with Crippen LogP contribution in [0.4, 0.5) is 10.5 Å². The number of amides is 2. The van der Waals surface area contributed by atoms with Gasteiger partial charge in [-0.1, -0.05) is 18.6 Å². The Morgan fingerprint density at radius 3 is 2.78 bits per heavy atom. The van der Waals surface area contributed by atoms with Crippen molar-refractivity contribution in [3.05, 3.63) is 24.3 Å². The largest absolute Gasteiger partial charge is 0.491 e. The van der Waals surface area contributed by atoms with E-state index in [0.717, 1.165) is 38.0 Å². The highest BCUT2D eigenvalue weighted by atomic mass is 16.5. The second-order valence-corrected chi connectivity index (χ2v) is 6.77. The minimum atomic E-state index is -0.215. The topological polar surface area (TPSA) is 70.6 Å². The maximum Gasteiger partial charge on any atom is 0.319 e. The molecule has 0 heterocycles. The molecule has 0 bridgehead atoms. The van der Waals surface area contributed by atoms with Crippen molar-refractivity contribution >= 4 is 11.7 Å². The predicted molar refractivity (Wildman–Crippen MR) is 89.6 cm³/mol. The minimum absolute atomic E-state index is 0.213. The third kappa shape index (κ3) is 5.13. The molecule has 2 fully saturated rings. The van der Waals surface area contributed by atoms with Crippen LogP contribution in [-0.4, -0.2) is 30.4 Å². The van der Waals surface area contributed by atoms with Gasteiger partial charge >= 0.3 is 6.03 Å². The van der Waals surface area contributed by atoms with Crippen LogP contribution in [0.25, 0.3) is 0 Å². The molecule has 2 aliphatic rings. The standard InChI is InChI=1S/C18H26N2O3/c21-15-5-3-4-14(10-15)11-19-18(22)20-16-6-1-2-7-17(16)23-12-13-8-9-13/h1-2,6-7,13-15,21H,3-5,8-12H2,(H2,19,20,22). The Kier molecular flexibility index (Phi) is 5.39. The van der Waals surface area contributed by atoms with Crippen LogP contribution in [0.5, 0.6) is 5.75 Å². The normalized spacial score (nSPS) is 24.0. The van der Waals surface area contributed by atoms with Crippen LogP contribution in [0.3, 0.4) is 0 Å². The third-order valence-corrected chi connectivity index (χ3v) is 4.61. The van der Waals surface area contributed by atoms with Gasteiger partial charge in [0.05, 0.1) is 18.4 Å². The molecule has 2 aliphatic carbocycles. The number of urea groups is 1. The Morgan fingerprint density at radius 2 is 2.00 bits per heavy atom. The van der Waals surface area contributed by atoms with Gasteiger partial charge in [-0.15, -0.1) is 0 Å². The molecule has 2 unspecified atom stereocenters. The minimum Gasteiger partial charge on any atom is -0.491 e. The number of aliphatic hydroxyl groups excluding tert-OH is 1. The monoisotopic (exact) mass is 318 g/mol. The molecule has 2 amide bonds. The number of carbonyl (C=O) groups excluding carboxylic acids is 1. The Bertz CT molecular complexity index is 531. The van der Waals surface area contributed by atoms with Gasteiger partial charge in [0.2, 0.25) is 0 Å². The lowest BCUT2D eigenvalue weighted by molar-refractivity contribution is 0.101. The number of para-hydroxylation sites is 2. The van der Waals surface area contributed by atoms with Crippen molar-refractivity contribution < 1.29 is 14.6 Å². The van der Waals surface area contributed by atoms with Gasteiger partial charge in [-0.3, -0.25) is 0 Å². The third-order valence-electron chi connectivity index (χ3n) is 4.61. The summed E-state index contributed by atoms with van der Waals surface area (Å²) in [6.07, 6.45) is 6.03. The number of anilines is 1. The molecule has 0 aromatic heterocycles. The van der Waals surface area contributed by atoms with E-state index in [9.17, 15) is 9.90 Å². The highest BCUT2D eigenvalue weighted by Crippen LogP contribution is 2.31. The molecule has 1 aromatic rings. The number of rotatable bonds is 6. The molecule has 3 N–H and O–H groups in total. The van der Waals surface area contributed by atoms with Crippen LogP contribution in [0.2, 0.25) is 0 Å². The summed E-state index contributed by atoms with van der Waals surface area (Å²) < 4.78 is 5.79. The van der Waals surface area contributed by atoms with Crippen LogP contribution in [0.15, 0.2) is 24.3 Å². The molecular formula is C18H26N2O3. The van der Waals surface area contributed by atoms with Gasteiger partial charge in [-0.05, 0) is 56.1 Å². The molecule has 126 valence electrons. The van der Waals surface area contributed by atoms with Crippen LogP contribution >= 0.6 is 0 Å². The van der Waals surface area contributed by atoms with Gasteiger partial charge in [0.1, 0.15) is 5.75 Å². The number of carbonyl (C=O) groups is 1. The summed E-state index contributed by atoms with van der Waals surface area (Å²) in [6, 6.07) is 7.32. The van der Waals surface area contributed by atoms with E-state index in [2.05, 4.69) is 10.6 Å². The fourth-order valence-corrected chi connectivity index (χ4v) is 3.04. The number of hydrogen-bond acceptors (Lipinski definition) is 3. The van der Waals surface area contributed by atoms with E-state index in [0.29, 0.717) is 24.1 Å². The van der Waals surface area contributed by atoms with Crippen molar-refractivity contribution in [2.45, 2.75) is 44.6 Å². The first kappa shape index (κ1) is 16.1.